The van der Waals surface area contributed by atoms with E-state index in [4.69, 9.17) is 14.5 Å². The molecule has 7 heteroatoms. The van der Waals surface area contributed by atoms with E-state index in [-0.39, 0.29) is 24.0 Å². The average Bonchev–Trinajstić information content (AvgIpc) is 2.68. The fraction of sp³-hybridized carbons (Fsp3) is 0.650. The molecule has 1 saturated heterocycles. The first-order valence-corrected chi connectivity index (χ1v) is 9.77. The average molecular weight is 490 g/mol. The number of morpholine rings is 1. The molecule has 0 bridgehead atoms. The Balaban J connectivity index is 0.00000364. The molecule has 6 nitrogen and oxygen atoms in total. The van der Waals surface area contributed by atoms with Crippen molar-refractivity contribution >= 4 is 29.9 Å². The molecular weight excluding hydrogens is 455 g/mol. The lowest BCUT2D eigenvalue weighted by Gasteiger charge is -2.26. The smallest absolute Gasteiger partial charge is 0.193 e. The van der Waals surface area contributed by atoms with Gasteiger partial charge in [0.25, 0.3) is 0 Å². The number of guanidine groups is 1. The summed E-state index contributed by atoms with van der Waals surface area (Å²) in [4.78, 5) is 9.37. The number of benzene rings is 1. The second kappa shape index (κ2) is 14.9. The monoisotopic (exact) mass is 490 g/mol. The highest BCUT2D eigenvalue weighted by Crippen LogP contribution is 2.07. The molecule has 27 heavy (non-hydrogen) atoms. The SMILES string of the molecule is CCNC(=NCCCCN1CCOCC1)N(C)CCOc1ccccc1.I. The predicted molar refractivity (Wildman–Crippen MR) is 122 cm³/mol. The summed E-state index contributed by atoms with van der Waals surface area (Å²) >= 11 is 0. The van der Waals surface area contributed by atoms with Crippen LogP contribution in [0.25, 0.3) is 0 Å². The van der Waals surface area contributed by atoms with Gasteiger partial charge < -0.3 is 19.7 Å². The third-order valence-corrected chi connectivity index (χ3v) is 4.38. The quantitative estimate of drug-likeness (QED) is 0.237. The fourth-order valence-electron chi connectivity index (χ4n) is 2.85. The topological polar surface area (TPSA) is 49.3 Å². The third-order valence-electron chi connectivity index (χ3n) is 4.38. The number of rotatable bonds is 10. The van der Waals surface area contributed by atoms with Gasteiger partial charge in [-0.3, -0.25) is 9.89 Å². The van der Waals surface area contributed by atoms with Crippen molar-refractivity contribution in [3.63, 3.8) is 0 Å². The Morgan fingerprint density at radius 2 is 1.96 bits per heavy atom. The number of aliphatic imine (C=N–C) groups is 1. The van der Waals surface area contributed by atoms with Crippen LogP contribution in [0.5, 0.6) is 5.75 Å². The molecule has 1 heterocycles. The molecule has 1 aromatic rings. The van der Waals surface area contributed by atoms with E-state index < -0.39 is 0 Å². The van der Waals surface area contributed by atoms with E-state index in [0.717, 1.165) is 70.6 Å². The number of hydrogen-bond acceptors (Lipinski definition) is 4. The number of para-hydroxylation sites is 1. The molecule has 0 spiro atoms. The van der Waals surface area contributed by atoms with Crippen molar-refractivity contribution in [1.82, 2.24) is 15.1 Å². The Morgan fingerprint density at radius 3 is 2.67 bits per heavy atom. The Labute approximate surface area is 181 Å². The van der Waals surface area contributed by atoms with Gasteiger partial charge in [-0.05, 0) is 38.4 Å². The summed E-state index contributed by atoms with van der Waals surface area (Å²) in [5, 5.41) is 3.36. The Kier molecular flexibility index (Phi) is 13.3. The lowest BCUT2D eigenvalue weighted by atomic mass is 10.3. The normalized spacial score (nSPS) is 15.1. The third kappa shape index (κ3) is 10.2. The van der Waals surface area contributed by atoms with Crippen molar-refractivity contribution in [3.8, 4) is 5.75 Å². The molecular formula is C20H35IN4O2. The summed E-state index contributed by atoms with van der Waals surface area (Å²) in [5.74, 6) is 1.86. The van der Waals surface area contributed by atoms with Gasteiger partial charge in [0.15, 0.2) is 5.96 Å². The van der Waals surface area contributed by atoms with E-state index in [1.165, 1.54) is 6.42 Å². The fourth-order valence-corrected chi connectivity index (χ4v) is 2.85. The van der Waals surface area contributed by atoms with Crippen LogP contribution in [0.15, 0.2) is 35.3 Å². The molecule has 0 aliphatic carbocycles. The van der Waals surface area contributed by atoms with Crippen LogP contribution in [-0.2, 0) is 4.74 Å². The van der Waals surface area contributed by atoms with Crippen LogP contribution in [0.2, 0.25) is 0 Å². The number of ether oxygens (including phenoxy) is 2. The second-order valence-corrected chi connectivity index (χ2v) is 6.48. The van der Waals surface area contributed by atoms with Crippen molar-refractivity contribution in [2.45, 2.75) is 19.8 Å². The van der Waals surface area contributed by atoms with Gasteiger partial charge >= 0.3 is 0 Å². The summed E-state index contributed by atoms with van der Waals surface area (Å²) in [7, 11) is 2.06. The van der Waals surface area contributed by atoms with Crippen molar-refractivity contribution in [3.05, 3.63) is 30.3 Å². The summed E-state index contributed by atoms with van der Waals surface area (Å²) in [6, 6.07) is 9.93. The molecule has 1 aliphatic heterocycles. The molecule has 1 N–H and O–H groups in total. The van der Waals surface area contributed by atoms with Crippen LogP contribution in [0.1, 0.15) is 19.8 Å². The minimum absolute atomic E-state index is 0. The lowest BCUT2D eigenvalue weighted by molar-refractivity contribution is 0.0373. The standard InChI is InChI=1S/C20H34N4O2.HI/c1-3-21-20(22-11-7-8-12-24-14-16-25-17-15-24)23(2)13-18-26-19-9-5-4-6-10-19;/h4-6,9-10H,3,7-8,11-18H2,1-2H3,(H,21,22);1H. The van der Waals surface area contributed by atoms with Gasteiger partial charge in [-0.25, -0.2) is 0 Å². The molecule has 0 radical (unpaired) electrons. The van der Waals surface area contributed by atoms with Crippen LogP contribution < -0.4 is 10.1 Å². The molecule has 0 unspecified atom stereocenters. The molecule has 1 fully saturated rings. The van der Waals surface area contributed by atoms with Crippen molar-refractivity contribution in [2.24, 2.45) is 4.99 Å². The maximum absolute atomic E-state index is 5.77. The summed E-state index contributed by atoms with van der Waals surface area (Å²) in [6.07, 6.45) is 2.30. The highest BCUT2D eigenvalue weighted by atomic mass is 127. The van der Waals surface area contributed by atoms with Gasteiger partial charge in [0.05, 0.1) is 19.8 Å². The van der Waals surface area contributed by atoms with Crippen LogP contribution in [0.4, 0.5) is 0 Å². The van der Waals surface area contributed by atoms with E-state index in [2.05, 4.69) is 29.1 Å². The lowest BCUT2D eigenvalue weighted by Crippen LogP contribution is -2.41. The van der Waals surface area contributed by atoms with Crippen molar-refractivity contribution in [2.75, 3.05) is 66.1 Å². The first-order chi connectivity index (χ1) is 12.8. The zero-order chi connectivity index (χ0) is 18.5. The van der Waals surface area contributed by atoms with E-state index in [1.807, 2.05) is 30.3 Å². The van der Waals surface area contributed by atoms with Gasteiger partial charge in [-0.15, -0.1) is 24.0 Å². The van der Waals surface area contributed by atoms with E-state index in [0.29, 0.717) is 6.61 Å². The largest absolute Gasteiger partial charge is 0.492 e. The van der Waals surface area contributed by atoms with Gasteiger partial charge in [0.1, 0.15) is 12.4 Å². The number of nitrogens with zero attached hydrogens (tertiary/aromatic N) is 3. The van der Waals surface area contributed by atoms with Crippen molar-refractivity contribution < 1.29 is 9.47 Å². The molecule has 1 aromatic carbocycles. The molecule has 154 valence electrons. The minimum Gasteiger partial charge on any atom is -0.492 e. The molecule has 1 aliphatic rings. The number of halogens is 1. The van der Waals surface area contributed by atoms with Gasteiger partial charge in [0, 0.05) is 33.2 Å². The van der Waals surface area contributed by atoms with E-state index in [9.17, 15) is 0 Å². The minimum atomic E-state index is 0. The Morgan fingerprint density at radius 1 is 1.22 bits per heavy atom. The maximum Gasteiger partial charge on any atom is 0.193 e. The Hall–Kier alpha value is -1.06. The highest BCUT2D eigenvalue weighted by Gasteiger charge is 2.09. The zero-order valence-electron chi connectivity index (χ0n) is 16.7. The zero-order valence-corrected chi connectivity index (χ0v) is 19.1. The number of hydrogen-bond donors (Lipinski definition) is 1. The summed E-state index contributed by atoms with van der Waals surface area (Å²) in [6.45, 7) is 10.3. The second-order valence-electron chi connectivity index (χ2n) is 6.48. The predicted octanol–water partition coefficient (Wildman–Crippen LogP) is 2.69. The van der Waals surface area contributed by atoms with Gasteiger partial charge in [-0.2, -0.15) is 0 Å². The van der Waals surface area contributed by atoms with Crippen LogP contribution in [0.3, 0.4) is 0 Å². The molecule has 0 atom stereocenters. The van der Waals surface area contributed by atoms with Crippen LogP contribution in [0, 0.1) is 0 Å². The first-order valence-electron chi connectivity index (χ1n) is 9.77. The highest BCUT2D eigenvalue weighted by molar-refractivity contribution is 14.0. The maximum atomic E-state index is 5.77. The molecule has 2 rings (SSSR count). The Bertz CT molecular complexity index is 510. The van der Waals surface area contributed by atoms with E-state index in [1.54, 1.807) is 0 Å². The number of likely N-dealkylation sites (N-methyl/N-ethyl adjacent to an activating group) is 1. The first kappa shape index (κ1) is 24.0. The van der Waals surface area contributed by atoms with E-state index >= 15 is 0 Å². The molecule has 0 amide bonds. The molecule has 0 aromatic heterocycles. The van der Waals surface area contributed by atoms with Crippen LogP contribution >= 0.6 is 24.0 Å². The summed E-state index contributed by atoms with van der Waals surface area (Å²) < 4.78 is 11.2. The number of unbranched alkanes of at least 4 members (excludes halogenated alkanes) is 1. The van der Waals surface area contributed by atoms with Gasteiger partial charge in [-0.1, -0.05) is 18.2 Å². The van der Waals surface area contributed by atoms with Crippen LogP contribution in [-0.4, -0.2) is 81.9 Å². The van der Waals surface area contributed by atoms with Crippen molar-refractivity contribution in [1.29, 1.82) is 0 Å². The molecule has 0 saturated carbocycles. The van der Waals surface area contributed by atoms with Gasteiger partial charge in [0.2, 0.25) is 0 Å². The summed E-state index contributed by atoms with van der Waals surface area (Å²) in [5.41, 5.74) is 0. The number of nitrogens with one attached hydrogen (secondary N) is 1.